The number of benzene rings is 1. The van der Waals surface area contributed by atoms with Gasteiger partial charge in [0, 0.05) is 32.7 Å². The molecule has 29 heavy (non-hydrogen) atoms. The molecule has 1 aromatic rings. The summed E-state index contributed by atoms with van der Waals surface area (Å²) in [7, 11) is -3.50. The van der Waals surface area contributed by atoms with Gasteiger partial charge in [-0.25, -0.2) is 17.9 Å². The first-order valence-corrected chi connectivity index (χ1v) is 11.5. The number of rotatable bonds is 8. The first-order chi connectivity index (χ1) is 14.0. The minimum atomic E-state index is -3.50. The number of carbonyl (C=O) groups is 1. The van der Waals surface area contributed by atoms with Crippen LogP contribution in [0.1, 0.15) is 5.56 Å². The van der Waals surface area contributed by atoms with Crippen LogP contribution in [0.4, 0.5) is 4.79 Å². The number of morpholine rings is 2. The second-order valence-electron chi connectivity index (χ2n) is 7.11. The van der Waals surface area contributed by atoms with Crippen molar-refractivity contribution in [2.24, 2.45) is 0 Å². The quantitative estimate of drug-likeness (QED) is 0.636. The predicted octanol–water partition coefficient (Wildman–Crippen LogP) is 0.276. The van der Waals surface area contributed by atoms with Crippen molar-refractivity contribution >= 4 is 16.1 Å². The average molecular weight is 428 g/mol. The number of amides is 1. The Morgan fingerprint density at radius 1 is 1.14 bits per heavy atom. The van der Waals surface area contributed by atoms with Crippen LogP contribution in [0.25, 0.3) is 0 Å². The van der Waals surface area contributed by atoms with Crippen molar-refractivity contribution in [3.05, 3.63) is 35.9 Å². The molecule has 9 nitrogen and oxygen atoms in total. The van der Waals surface area contributed by atoms with Crippen molar-refractivity contribution in [1.82, 2.24) is 14.5 Å². The van der Waals surface area contributed by atoms with Crippen LogP contribution < -0.4 is 4.72 Å². The molecule has 0 radical (unpaired) electrons. The Labute approximate surface area is 171 Å². The Hall–Kier alpha value is -1.72. The van der Waals surface area contributed by atoms with E-state index >= 15 is 0 Å². The fourth-order valence-corrected chi connectivity index (χ4v) is 4.50. The molecule has 162 valence electrons. The molecule has 2 heterocycles. The Morgan fingerprint density at radius 2 is 1.90 bits per heavy atom. The van der Waals surface area contributed by atoms with Crippen LogP contribution in [0.3, 0.4) is 0 Å². The van der Waals surface area contributed by atoms with Crippen molar-refractivity contribution in [3.8, 4) is 0 Å². The van der Waals surface area contributed by atoms with Crippen molar-refractivity contribution in [2.75, 3.05) is 64.8 Å². The SMILES string of the molecule is O=C(OCc1ccccc1)N1CCO[C@H](CS(=O)(=O)NCCN2CCOCC2)C1. The third-order valence-electron chi connectivity index (χ3n) is 4.86. The summed E-state index contributed by atoms with van der Waals surface area (Å²) in [6, 6.07) is 9.41. The largest absolute Gasteiger partial charge is 0.445 e. The van der Waals surface area contributed by atoms with E-state index in [9.17, 15) is 13.2 Å². The molecule has 1 atom stereocenters. The molecule has 2 fully saturated rings. The number of nitrogens with one attached hydrogen (secondary N) is 1. The summed E-state index contributed by atoms with van der Waals surface area (Å²) in [4.78, 5) is 16.0. The van der Waals surface area contributed by atoms with Crippen molar-refractivity contribution in [3.63, 3.8) is 0 Å². The van der Waals surface area contributed by atoms with Gasteiger partial charge in [0.1, 0.15) is 6.61 Å². The van der Waals surface area contributed by atoms with Gasteiger partial charge in [-0.1, -0.05) is 30.3 Å². The zero-order chi connectivity index (χ0) is 20.5. The molecule has 0 saturated carbocycles. The minimum absolute atomic E-state index is 0.182. The maximum atomic E-state index is 12.4. The number of carbonyl (C=O) groups excluding carboxylic acids is 1. The fourth-order valence-electron chi connectivity index (χ4n) is 3.28. The first-order valence-electron chi connectivity index (χ1n) is 9.86. The number of hydrogen-bond acceptors (Lipinski definition) is 7. The highest BCUT2D eigenvalue weighted by Gasteiger charge is 2.29. The second-order valence-corrected chi connectivity index (χ2v) is 8.96. The molecule has 1 N–H and O–H groups in total. The van der Waals surface area contributed by atoms with Gasteiger partial charge in [0.25, 0.3) is 0 Å². The van der Waals surface area contributed by atoms with Crippen LogP contribution >= 0.6 is 0 Å². The number of sulfonamides is 1. The van der Waals surface area contributed by atoms with E-state index in [0.29, 0.717) is 32.8 Å². The number of ether oxygens (including phenoxy) is 3. The molecule has 1 amide bonds. The molecule has 1 aromatic carbocycles. The van der Waals surface area contributed by atoms with Crippen LogP contribution in [0.15, 0.2) is 30.3 Å². The Bertz CT molecular complexity index is 740. The van der Waals surface area contributed by atoms with Crippen LogP contribution in [-0.2, 0) is 30.8 Å². The standard InChI is InChI=1S/C19H29N3O6S/c23-19(28-15-17-4-2-1-3-5-17)22-10-13-27-18(14-22)16-29(24,25)20-6-7-21-8-11-26-12-9-21/h1-5,18,20H,6-16H2/t18-/m0/s1. The molecule has 0 unspecified atom stereocenters. The third kappa shape index (κ3) is 7.56. The maximum absolute atomic E-state index is 12.4. The highest BCUT2D eigenvalue weighted by Crippen LogP contribution is 2.10. The molecule has 2 saturated heterocycles. The van der Waals surface area contributed by atoms with E-state index < -0.39 is 22.2 Å². The van der Waals surface area contributed by atoms with Gasteiger partial charge in [-0.2, -0.15) is 0 Å². The summed E-state index contributed by atoms with van der Waals surface area (Å²) in [5.41, 5.74) is 0.901. The molecule has 10 heteroatoms. The first kappa shape index (κ1) is 22.0. The summed E-state index contributed by atoms with van der Waals surface area (Å²) in [6.07, 6.45) is -1.03. The van der Waals surface area contributed by atoms with E-state index in [0.717, 1.165) is 18.7 Å². The monoisotopic (exact) mass is 427 g/mol. The summed E-state index contributed by atoms with van der Waals surface area (Å²) < 4.78 is 43.5. The molecule has 2 aliphatic heterocycles. The summed E-state index contributed by atoms with van der Waals surface area (Å²) in [5, 5.41) is 0. The molecule has 2 aliphatic rings. The van der Waals surface area contributed by atoms with Gasteiger partial charge in [0.05, 0.1) is 38.2 Å². The normalized spacial score (nSPS) is 21.1. The van der Waals surface area contributed by atoms with Gasteiger partial charge in [-0.05, 0) is 5.56 Å². The molecule has 0 spiro atoms. The van der Waals surface area contributed by atoms with E-state index in [-0.39, 0.29) is 25.5 Å². The molecule has 0 aliphatic carbocycles. The van der Waals surface area contributed by atoms with Crippen molar-refractivity contribution in [2.45, 2.75) is 12.7 Å². The van der Waals surface area contributed by atoms with Gasteiger partial charge in [-0.15, -0.1) is 0 Å². The van der Waals surface area contributed by atoms with Gasteiger partial charge < -0.3 is 19.1 Å². The summed E-state index contributed by atoms with van der Waals surface area (Å²) in [5.74, 6) is -0.182. The third-order valence-corrected chi connectivity index (χ3v) is 6.32. The van der Waals surface area contributed by atoms with Crippen LogP contribution in [0, 0.1) is 0 Å². The van der Waals surface area contributed by atoms with E-state index in [1.807, 2.05) is 30.3 Å². The number of nitrogens with zero attached hydrogens (tertiary/aromatic N) is 2. The smallest absolute Gasteiger partial charge is 0.410 e. The molecule has 0 bridgehead atoms. The fraction of sp³-hybridized carbons (Fsp3) is 0.632. The Morgan fingerprint density at radius 3 is 2.66 bits per heavy atom. The highest BCUT2D eigenvalue weighted by molar-refractivity contribution is 7.89. The van der Waals surface area contributed by atoms with Crippen LogP contribution in [0.5, 0.6) is 0 Å². The lowest BCUT2D eigenvalue weighted by molar-refractivity contribution is -0.0179. The number of hydrogen-bond donors (Lipinski definition) is 1. The van der Waals surface area contributed by atoms with Crippen molar-refractivity contribution < 1.29 is 27.4 Å². The zero-order valence-electron chi connectivity index (χ0n) is 16.5. The van der Waals surface area contributed by atoms with Gasteiger partial charge >= 0.3 is 6.09 Å². The average Bonchev–Trinajstić information content (AvgIpc) is 2.73. The van der Waals surface area contributed by atoms with Crippen LogP contribution in [-0.4, -0.2) is 95.3 Å². The van der Waals surface area contributed by atoms with Gasteiger partial charge in [0.15, 0.2) is 0 Å². The predicted molar refractivity (Wildman–Crippen MR) is 107 cm³/mol. The lowest BCUT2D eigenvalue weighted by Crippen LogP contribution is -2.49. The minimum Gasteiger partial charge on any atom is -0.445 e. The van der Waals surface area contributed by atoms with E-state index in [1.54, 1.807) is 0 Å². The topological polar surface area (TPSA) is 97.4 Å². The summed E-state index contributed by atoms with van der Waals surface area (Å²) in [6.45, 7) is 5.02. The van der Waals surface area contributed by atoms with E-state index in [1.165, 1.54) is 4.90 Å². The Kier molecular flexibility index (Phi) is 8.25. The van der Waals surface area contributed by atoms with Gasteiger partial charge in [0.2, 0.25) is 10.0 Å². The summed E-state index contributed by atoms with van der Waals surface area (Å²) >= 11 is 0. The molecular weight excluding hydrogens is 398 g/mol. The molecule has 0 aromatic heterocycles. The van der Waals surface area contributed by atoms with Crippen molar-refractivity contribution in [1.29, 1.82) is 0 Å². The van der Waals surface area contributed by atoms with E-state index in [2.05, 4.69) is 9.62 Å². The van der Waals surface area contributed by atoms with E-state index in [4.69, 9.17) is 14.2 Å². The lowest BCUT2D eigenvalue weighted by Gasteiger charge is -2.32. The maximum Gasteiger partial charge on any atom is 0.410 e. The molecular formula is C19H29N3O6S. The van der Waals surface area contributed by atoms with Crippen LogP contribution in [0.2, 0.25) is 0 Å². The zero-order valence-corrected chi connectivity index (χ0v) is 17.3. The van der Waals surface area contributed by atoms with Gasteiger partial charge in [-0.3, -0.25) is 4.90 Å². The lowest BCUT2D eigenvalue weighted by atomic mass is 10.2. The highest BCUT2D eigenvalue weighted by atomic mass is 32.2. The Balaban J connectivity index is 1.40. The molecule has 3 rings (SSSR count). The second kappa shape index (κ2) is 10.9.